The molecule has 5 rings (SSSR count). The van der Waals surface area contributed by atoms with Crippen LogP contribution in [0.15, 0.2) is 101 Å². The second kappa shape index (κ2) is 12.3. The van der Waals surface area contributed by atoms with Gasteiger partial charge in [-0.05, 0) is 67.6 Å². The van der Waals surface area contributed by atoms with Gasteiger partial charge in [0.25, 0.3) is 11.8 Å². The molecule has 12 heteroatoms. The second-order valence-corrected chi connectivity index (χ2v) is 11.8. The molecule has 1 aliphatic heterocycles. The van der Waals surface area contributed by atoms with Crippen molar-refractivity contribution in [3.8, 4) is 11.5 Å². The van der Waals surface area contributed by atoms with Crippen LogP contribution in [0.3, 0.4) is 0 Å². The van der Waals surface area contributed by atoms with Gasteiger partial charge in [-0.3, -0.25) is 14.9 Å². The van der Waals surface area contributed by atoms with Crippen LogP contribution in [0.1, 0.15) is 16.7 Å². The van der Waals surface area contributed by atoms with E-state index < -0.39 is 33.5 Å². The summed E-state index contributed by atoms with van der Waals surface area (Å²) in [4.78, 5) is 39.6. The van der Waals surface area contributed by atoms with Crippen molar-refractivity contribution in [2.45, 2.75) is 18.4 Å². The van der Waals surface area contributed by atoms with Crippen LogP contribution in [0.4, 0.5) is 10.5 Å². The summed E-state index contributed by atoms with van der Waals surface area (Å²) in [6, 6.07) is 22.3. The zero-order chi connectivity index (χ0) is 30.7. The second-order valence-electron chi connectivity index (χ2n) is 9.36. The van der Waals surface area contributed by atoms with E-state index in [0.29, 0.717) is 21.4 Å². The number of halogens is 2. The van der Waals surface area contributed by atoms with Gasteiger partial charge in [0, 0.05) is 21.2 Å². The molecule has 218 valence electrons. The Balaban J connectivity index is 1.37. The Labute approximate surface area is 257 Å². The number of carbonyl (C=O) groups excluding carboxylic acids is 3. The Hall–Kier alpha value is -4.64. The van der Waals surface area contributed by atoms with Crippen LogP contribution in [0.5, 0.6) is 11.5 Å². The molecular weight excluding hydrogens is 615 g/mol. The van der Waals surface area contributed by atoms with Crippen molar-refractivity contribution in [2.24, 2.45) is 0 Å². The summed E-state index contributed by atoms with van der Waals surface area (Å²) in [5.41, 5.74) is 1.49. The number of ether oxygens (including phenoxy) is 1. The molecule has 0 radical (unpaired) electrons. The Morgan fingerprint density at radius 3 is 2.28 bits per heavy atom. The fourth-order valence-corrected chi connectivity index (χ4v) is 5.50. The maximum absolute atomic E-state index is 13.4. The minimum atomic E-state index is -4.22. The largest absolute Gasteiger partial charge is 0.489 e. The molecule has 4 aromatic rings. The van der Waals surface area contributed by atoms with E-state index in [9.17, 15) is 22.8 Å². The monoisotopic (exact) mass is 636 g/mol. The number of nitrogens with one attached hydrogen (secondary N) is 1. The Morgan fingerprint density at radius 2 is 1.58 bits per heavy atom. The van der Waals surface area contributed by atoms with Crippen molar-refractivity contribution >= 4 is 62.9 Å². The third kappa shape index (κ3) is 6.72. The molecular formula is C31H22Cl2N2O7S. The number of hydrogen-bond acceptors (Lipinski definition) is 7. The van der Waals surface area contributed by atoms with Crippen molar-refractivity contribution in [2.75, 3.05) is 4.90 Å². The highest BCUT2D eigenvalue weighted by Gasteiger charge is 2.37. The van der Waals surface area contributed by atoms with Gasteiger partial charge in [0.05, 0.1) is 5.69 Å². The number of amides is 4. The average Bonchev–Trinajstić information content (AvgIpc) is 2.96. The van der Waals surface area contributed by atoms with Gasteiger partial charge in [-0.2, -0.15) is 8.42 Å². The number of barbiturate groups is 1. The molecule has 4 amide bonds. The van der Waals surface area contributed by atoms with Crippen LogP contribution in [-0.2, 0) is 26.3 Å². The third-order valence-electron chi connectivity index (χ3n) is 6.33. The van der Waals surface area contributed by atoms with Crippen LogP contribution in [-0.4, -0.2) is 26.3 Å². The highest BCUT2D eigenvalue weighted by molar-refractivity contribution is 7.87. The summed E-state index contributed by atoms with van der Waals surface area (Å²) in [6.45, 7) is 1.97. The molecule has 9 nitrogen and oxygen atoms in total. The maximum Gasteiger partial charge on any atom is 0.339 e. The summed E-state index contributed by atoms with van der Waals surface area (Å²) in [7, 11) is -4.22. The highest BCUT2D eigenvalue weighted by atomic mass is 35.5. The van der Waals surface area contributed by atoms with E-state index in [1.54, 1.807) is 54.6 Å². The number of aryl methyl sites for hydroxylation is 1. The van der Waals surface area contributed by atoms with E-state index in [4.69, 9.17) is 32.1 Å². The van der Waals surface area contributed by atoms with E-state index in [1.165, 1.54) is 42.5 Å². The molecule has 1 aliphatic rings. The van der Waals surface area contributed by atoms with Gasteiger partial charge in [0.2, 0.25) is 0 Å². The van der Waals surface area contributed by atoms with Gasteiger partial charge < -0.3 is 8.92 Å². The number of carbonyl (C=O) groups is 3. The average molecular weight is 637 g/mol. The Morgan fingerprint density at radius 1 is 0.884 bits per heavy atom. The minimum absolute atomic E-state index is 0.0625. The molecule has 4 aromatic carbocycles. The van der Waals surface area contributed by atoms with Crippen molar-refractivity contribution in [3.63, 3.8) is 0 Å². The lowest BCUT2D eigenvalue weighted by Crippen LogP contribution is -2.54. The molecule has 1 heterocycles. The van der Waals surface area contributed by atoms with Gasteiger partial charge in [-0.15, -0.1) is 0 Å². The summed E-state index contributed by atoms with van der Waals surface area (Å²) in [5.74, 6) is -1.52. The standard InChI is InChI=1S/C31H22Cl2N2O7S/c1-19-6-14-25(15-7-19)43(39,40)42-28-5-3-2-4-20(28)16-26-29(36)34-31(38)35(30(26)37)23-10-12-24(13-11-23)41-18-21-8-9-22(32)17-27(21)33/h2-17H,18H2,1H3,(H,34,36,38)/b26-16+. The maximum atomic E-state index is 13.4. The van der Waals surface area contributed by atoms with E-state index >= 15 is 0 Å². The molecule has 0 aromatic heterocycles. The first-order valence-corrected chi connectivity index (χ1v) is 14.9. The molecule has 1 N–H and O–H groups in total. The number of benzene rings is 4. The summed E-state index contributed by atoms with van der Waals surface area (Å²) in [6.07, 6.45) is 1.17. The smallest absolute Gasteiger partial charge is 0.339 e. The quantitative estimate of drug-likeness (QED) is 0.137. The molecule has 43 heavy (non-hydrogen) atoms. The van der Waals surface area contributed by atoms with E-state index in [0.717, 1.165) is 10.5 Å². The number of nitrogens with zero attached hydrogens (tertiary/aromatic N) is 1. The molecule has 0 saturated carbocycles. The number of urea groups is 1. The van der Waals surface area contributed by atoms with Crippen molar-refractivity contribution in [3.05, 3.63) is 123 Å². The third-order valence-corrected chi connectivity index (χ3v) is 8.17. The van der Waals surface area contributed by atoms with Crippen molar-refractivity contribution in [1.82, 2.24) is 5.32 Å². The normalized spacial score (nSPS) is 14.5. The van der Waals surface area contributed by atoms with Crippen LogP contribution in [0.2, 0.25) is 10.0 Å². The molecule has 0 aliphatic carbocycles. The topological polar surface area (TPSA) is 119 Å². The zero-order valence-corrected chi connectivity index (χ0v) is 24.7. The first-order valence-electron chi connectivity index (χ1n) is 12.7. The summed E-state index contributed by atoms with van der Waals surface area (Å²) < 4.78 is 36.9. The lowest BCUT2D eigenvalue weighted by Gasteiger charge is -2.26. The van der Waals surface area contributed by atoms with Gasteiger partial charge in [-0.1, -0.05) is 65.2 Å². The molecule has 0 atom stereocenters. The van der Waals surface area contributed by atoms with E-state index in [-0.39, 0.29) is 28.5 Å². The predicted molar refractivity (Wildman–Crippen MR) is 162 cm³/mol. The first-order chi connectivity index (χ1) is 20.5. The molecule has 1 fully saturated rings. The lowest BCUT2D eigenvalue weighted by molar-refractivity contribution is -0.122. The number of imide groups is 2. The minimum Gasteiger partial charge on any atom is -0.489 e. The van der Waals surface area contributed by atoms with Gasteiger partial charge in [0.15, 0.2) is 0 Å². The van der Waals surface area contributed by atoms with Crippen molar-refractivity contribution in [1.29, 1.82) is 0 Å². The van der Waals surface area contributed by atoms with Crippen LogP contribution in [0.25, 0.3) is 6.08 Å². The molecule has 0 unspecified atom stereocenters. The number of para-hydroxylation sites is 1. The Kier molecular flexibility index (Phi) is 8.54. The van der Waals surface area contributed by atoms with Crippen LogP contribution < -0.4 is 19.1 Å². The van der Waals surface area contributed by atoms with Crippen LogP contribution in [0, 0.1) is 6.92 Å². The van der Waals surface area contributed by atoms with Gasteiger partial charge >= 0.3 is 16.1 Å². The summed E-state index contributed by atoms with van der Waals surface area (Å²) in [5, 5.41) is 3.09. The molecule has 1 saturated heterocycles. The number of hydrogen-bond donors (Lipinski definition) is 1. The van der Waals surface area contributed by atoms with Gasteiger partial charge in [0.1, 0.15) is 28.6 Å². The SMILES string of the molecule is Cc1ccc(S(=O)(=O)Oc2ccccc2/C=C2\C(=O)NC(=O)N(c3ccc(OCc4ccc(Cl)cc4Cl)cc3)C2=O)cc1. The first kappa shape index (κ1) is 29.8. The zero-order valence-electron chi connectivity index (χ0n) is 22.4. The lowest BCUT2D eigenvalue weighted by atomic mass is 10.1. The highest BCUT2D eigenvalue weighted by Crippen LogP contribution is 2.29. The van der Waals surface area contributed by atoms with E-state index in [1.807, 2.05) is 6.92 Å². The van der Waals surface area contributed by atoms with E-state index in [2.05, 4.69) is 5.32 Å². The number of rotatable bonds is 8. The predicted octanol–water partition coefficient (Wildman–Crippen LogP) is 6.31. The number of anilines is 1. The fourth-order valence-electron chi connectivity index (χ4n) is 4.09. The molecule has 0 bridgehead atoms. The van der Waals surface area contributed by atoms with Gasteiger partial charge in [-0.25, -0.2) is 9.69 Å². The van der Waals surface area contributed by atoms with Crippen molar-refractivity contribution < 1.29 is 31.7 Å². The fraction of sp³-hybridized carbons (Fsp3) is 0.0645. The van der Waals surface area contributed by atoms with Crippen LogP contribution >= 0.6 is 23.2 Å². The summed E-state index contributed by atoms with van der Waals surface area (Å²) >= 11 is 12.1. The Bertz CT molecular complexity index is 1870. The molecule has 0 spiro atoms.